The van der Waals surface area contributed by atoms with Crippen LogP contribution in [-0.4, -0.2) is 63.3 Å². The monoisotopic (exact) mass is 487 g/mol. The predicted octanol–water partition coefficient (Wildman–Crippen LogP) is -9.23. The molecule has 1 aromatic heterocycles. The van der Waals surface area contributed by atoms with Crippen LogP contribution >= 0.6 is 11.3 Å². The Morgan fingerprint density at radius 3 is 2.22 bits per heavy atom. The summed E-state index contributed by atoms with van der Waals surface area (Å²) in [6.45, 7) is 4.60. The van der Waals surface area contributed by atoms with Gasteiger partial charge in [-0.3, -0.25) is 14.4 Å². The van der Waals surface area contributed by atoms with Crippen molar-refractivity contribution in [1.29, 1.82) is 0 Å². The van der Waals surface area contributed by atoms with Crippen molar-refractivity contribution in [2.45, 2.75) is 44.9 Å². The van der Waals surface area contributed by atoms with Crippen LogP contribution < -0.4 is 80.4 Å². The summed E-state index contributed by atoms with van der Waals surface area (Å²) < 4.78 is 0. The number of nitrogens with zero attached hydrogens (tertiary/aromatic N) is 3. The zero-order valence-corrected chi connectivity index (χ0v) is 23.3. The van der Waals surface area contributed by atoms with Crippen LogP contribution in [0, 0.1) is 0 Å². The molecular formula is C16H19N5Na2O8S. The summed E-state index contributed by atoms with van der Waals surface area (Å²) in [5.41, 5.74) is 1.54. The molecule has 0 aliphatic carbocycles. The Kier molecular flexibility index (Phi) is 11.3. The van der Waals surface area contributed by atoms with Crippen LogP contribution in [0.15, 0.2) is 10.5 Å². The number of aliphatic carboxylic acids is 2. The molecule has 0 saturated carbocycles. The zero-order valence-electron chi connectivity index (χ0n) is 18.5. The molecule has 0 spiro atoms. The zero-order chi connectivity index (χ0) is 22.9. The molecule has 3 N–H and O–H groups in total. The van der Waals surface area contributed by atoms with Gasteiger partial charge in [-0.2, -0.15) is 0 Å². The van der Waals surface area contributed by atoms with Crippen LogP contribution in [-0.2, 0) is 28.9 Å². The molecule has 0 aromatic carbocycles. The maximum atomic E-state index is 12.6. The number of carbonyl (C=O) groups is 4. The van der Waals surface area contributed by atoms with Gasteiger partial charge in [0.05, 0.1) is 18.5 Å². The number of nitrogen functional groups attached to an aromatic ring is 1. The number of carbonyl (C=O) groups excluding carboxylic acids is 4. The van der Waals surface area contributed by atoms with Gasteiger partial charge < -0.3 is 35.7 Å². The summed E-state index contributed by atoms with van der Waals surface area (Å²) in [5, 5.41) is 30.3. The number of β-lactam (4-membered cyclic amide) rings is 1. The van der Waals surface area contributed by atoms with Gasteiger partial charge in [-0.1, -0.05) is 5.16 Å². The number of nitrogens with two attached hydrogens (primary N) is 1. The fourth-order valence-corrected chi connectivity index (χ4v) is 2.47. The van der Waals surface area contributed by atoms with Crippen molar-refractivity contribution < 1.29 is 98.2 Å². The Morgan fingerprint density at radius 2 is 1.78 bits per heavy atom. The molecule has 0 bridgehead atoms. The standard InChI is InChI=1S/C16H21N5O8S.2Na/c1-15(2,12(24)25)28-20-9(8-6-30-14(17)19-8)10(22)18-7-5-21(11(7)23)29-16(3,4)13(26)27;;/h6-7H,5H2,1-4H3,(H2,17,19)(H,18,22)(H,24,25)(H,26,27);;/q;2*+1/p-2/b20-9-;;/t7-;;/m0../s1. The molecule has 164 valence electrons. The maximum Gasteiger partial charge on any atom is 1.00 e. The van der Waals surface area contributed by atoms with Crippen molar-refractivity contribution in [1.82, 2.24) is 15.4 Å². The minimum Gasteiger partial charge on any atom is -0.547 e. The quantitative estimate of drug-likeness (QED) is 0.146. The third kappa shape index (κ3) is 7.38. The number of aromatic nitrogens is 1. The largest absolute Gasteiger partial charge is 1.00 e. The predicted molar refractivity (Wildman–Crippen MR) is 97.0 cm³/mol. The first-order valence-corrected chi connectivity index (χ1v) is 9.34. The first-order chi connectivity index (χ1) is 13.7. The van der Waals surface area contributed by atoms with E-state index in [1.54, 1.807) is 0 Å². The summed E-state index contributed by atoms with van der Waals surface area (Å²) in [6.07, 6.45) is 0. The Bertz CT molecular complexity index is 920. The number of thiazole rings is 1. The van der Waals surface area contributed by atoms with Crippen molar-refractivity contribution in [3.05, 3.63) is 11.1 Å². The minimum atomic E-state index is -1.85. The summed E-state index contributed by atoms with van der Waals surface area (Å²) in [4.78, 5) is 60.7. The van der Waals surface area contributed by atoms with Gasteiger partial charge >= 0.3 is 59.1 Å². The van der Waals surface area contributed by atoms with E-state index in [2.05, 4.69) is 15.5 Å². The summed E-state index contributed by atoms with van der Waals surface area (Å²) in [7, 11) is 0. The van der Waals surface area contributed by atoms with Crippen molar-refractivity contribution in [3.63, 3.8) is 0 Å². The molecule has 1 fully saturated rings. The first kappa shape index (κ1) is 30.7. The number of amides is 2. The van der Waals surface area contributed by atoms with Crippen LogP contribution in [0.4, 0.5) is 5.13 Å². The number of hydroxylamine groups is 2. The third-order valence-electron chi connectivity index (χ3n) is 3.86. The molecule has 1 atom stereocenters. The second-order valence-corrected chi connectivity index (χ2v) is 8.10. The number of nitrogens with one attached hydrogen (secondary N) is 1. The van der Waals surface area contributed by atoms with Gasteiger partial charge in [-0.15, -0.1) is 11.3 Å². The van der Waals surface area contributed by atoms with Crippen LogP contribution in [0.1, 0.15) is 33.4 Å². The van der Waals surface area contributed by atoms with Crippen molar-refractivity contribution in [2.75, 3.05) is 12.3 Å². The number of rotatable bonds is 9. The topological polar surface area (TPSA) is 199 Å². The second-order valence-electron chi connectivity index (χ2n) is 7.21. The van der Waals surface area contributed by atoms with Gasteiger partial charge in [0.1, 0.15) is 17.3 Å². The molecule has 32 heavy (non-hydrogen) atoms. The number of hydrogen-bond acceptors (Lipinski definition) is 12. The van der Waals surface area contributed by atoms with E-state index in [0.29, 0.717) is 0 Å². The molecule has 2 rings (SSSR count). The average molecular weight is 487 g/mol. The molecule has 0 unspecified atom stereocenters. The van der Waals surface area contributed by atoms with Gasteiger partial charge in [0.15, 0.2) is 16.4 Å². The van der Waals surface area contributed by atoms with E-state index in [0.717, 1.165) is 16.4 Å². The van der Waals surface area contributed by atoms with Crippen molar-refractivity contribution in [3.8, 4) is 0 Å². The molecule has 13 nitrogen and oxygen atoms in total. The Morgan fingerprint density at radius 1 is 1.22 bits per heavy atom. The Hall–Kier alpha value is -1.26. The van der Waals surface area contributed by atoms with Crippen LogP contribution in [0.25, 0.3) is 0 Å². The molecule has 16 heteroatoms. The van der Waals surface area contributed by atoms with Crippen LogP contribution in [0.2, 0.25) is 0 Å². The van der Waals surface area contributed by atoms with E-state index in [9.17, 15) is 29.4 Å². The molecule has 0 radical (unpaired) electrons. The number of carboxylic acids is 2. The number of anilines is 1. The minimum absolute atomic E-state index is 0. The van der Waals surface area contributed by atoms with E-state index < -0.39 is 46.7 Å². The normalized spacial score (nSPS) is 16.2. The first-order valence-electron chi connectivity index (χ1n) is 8.46. The van der Waals surface area contributed by atoms with Crippen LogP contribution in [0.3, 0.4) is 0 Å². The molecule has 2 heterocycles. The van der Waals surface area contributed by atoms with Crippen molar-refractivity contribution >= 4 is 45.9 Å². The van der Waals surface area contributed by atoms with Gasteiger partial charge in [0.25, 0.3) is 11.8 Å². The van der Waals surface area contributed by atoms with Gasteiger partial charge in [-0.05, 0) is 27.7 Å². The van der Waals surface area contributed by atoms with E-state index in [4.69, 9.17) is 15.4 Å². The maximum absolute atomic E-state index is 12.6. The molecule has 2 amide bonds. The summed E-state index contributed by atoms with van der Waals surface area (Å²) in [6, 6.07) is -1.04. The van der Waals surface area contributed by atoms with E-state index in [1.165, 1.54) is 33.1 Å². The number of hydrogen-bond donors (Lipinski definition) is 2. The number of oxime groups is 1. The van der Waals surface area contributed by atoms with Crippen LogP contribution in [0.5, 0.6) is 0 Å². The SMILES string of the molecule is CC(C)(O/N=C(\C(=O)N[C@H]1CN(OC(C)(C)C(=O)[O-])C1=O)c1csc(N)n1)C(=O)[O-].[Na+].[Na+]. The molecule has 1 aliphatic rings. The van der Waals surface area contributed by atoms with Gasteiger partial charge in [0, 0.05) is 5.38 Å². The molecule has 1 saturated heterocycles. The third-order valence-corrected chi connectivity index (χ3v) is 4.54. The Labute approximate surface area is 231 Å². The molecular weight excluding hydrogens is 468 g/mol. The molecule has 1 aliphatic heterocycles. The van der Waals surface area contributed by atoms with Crippen molar-refractivity contribution in [2.24, 2.45) is 5.16 Å². The van der Waals surface area contributed by atoms with E-state index in [-0.39, 0.29) is 76.5 Å². The average Bonchev–Trinajstić information content (AvgIpc) is 3.06. The van der Waals surface area contributed by atoms with E-state index >= 15 is 0 Å². The Balaban J connectivity index is 0.00000480. The fourth-order valence-electron chi connectivity index (χ4n) is 1.92. The summed E-state index contributed by atoms with van der Waals surface area (Å²) >= 11 is 1.00. The van der Waals surface area contributed by atoms with Gasteiger partial charge in [-0.25, -0.2) is 10.0 Å². The number of carboxylic acid groups (broad SMARTS) is 2. The second kappa shape index (κ2) is 11.7. The summed E-state index contributed by atoms with van der Waals surface area (Å²) in [5.74, 6) is -4.69. The van der Waals surface area contributed by atoms with Gasteiger partial charge in [0.2, 0.25) is 0 Å². The van der Waals surface area contributed by atoms with E-state index in [1.807, 2.05) is 0 Å². The molecule has 1 aromatic rings. The smallest absolute Gasteiger partial charge is 0.547 e. The fraction of sp³-hybridized carbons (Fsp3) is 0.500.